The number of fused-ring (bicyclic) bond motifs is 1. The maximum Gasteiger partial charge on any atom is 0.0977 e. The number of anilines is 1. The first-order valence-corrected chi connectivity index (χ1v) is 8.11. The van der Waals surface area contributed by atoms with Crippen LogP contribution in [0.15, 0.2) is 47.8 Å². The molecule has 1 heterocycles. The molecular weight excluding hydrogens is 325 g/mol. The molecule has 0 radical (unpaired) electrons. The fourth-order valence-electron chi connectivity index (χ4n) is 2.17. The number of thiophene rings is 1. The Hall–Kier alpha value is -1.26. The number of aliphatic hydroxyl groups excluding tert-OH is 1. The molecule has 1 unspecified atom stereocenters. The standard InChI is InChI=1S/C16H13Cl2NOS/c17-11-1-3-14(18)13(8-11)15(20)9-19-12-2-4-16-10(7-12)5-6-21-16/h1-8,15,19-20H,9H2. The van der Waals surface area contributed by atoms with Crippen LogP contribution in [0.3, 0.4) is 0 Å². The summed E-state index contributed by atoms with van der Waals surface area (Å²) >= 11 is 13.7. The normalized spacial score (nSPS) is 12.5. The van der Waals surface area contributed by atoms with Crippen LogP contribution in [0, 0.1) is 0 Å². The van der Waals surface area contributed by atoms with Crippen LogP contribution in [0.5, 0.6) is 0 Å². The Labute approximate surface area is 136 Å². The van der Waals surface area contributed by atoms with E-state index < -0.39 is 6.10 Å². The average Bonchev–Trinajstić information content (AvgIpc) is 2.94. The molecule has 5 heteroatoms. The predicted octanol–water partition coefficient (Wildman–Crippen LogP) is 5.35. The van der Waals surface area contributed by atoms with Crippen molar-refractivity contribution in [3.8, 4) is 0 Å². The number of hydrogen-bond acceptors (Lipinski definition) is 3. The van der Waals surface area contributed by atoms with Gasteiger partial charge in [0, 0.05) is 32.5 Å². The van der Waals surface area contributed by atoms with Gasteiger partial charge < -0.3 is 10.4 Å². The summed E-state index contributed by atoms with van der Waals surface area (Å²) in [5.41, 5.74) is 1.60. The molecule has 1 aromatic heterocycles. The first-order chi connectivity index (χ1) is 10.1. The minimum absolute atomic E-state index is 0.371. The molecular formula is C16H13Cl2NOS. The second-order valence-electron chi connectivity index (χ2n) is 4.74. The molecule has 2 N–H and O–H groups in total. The fourth-order valence-corrected chi connectivity index (χ4v) is 3.37. The van der Waals surface area contributed by atoms with Crippen molar-refractivity contribution in [3.63, 3.8) is 0 Å². The van der Waals surface area contributed by atoms with E-state index in [1.54, 1.807) is 29.5 Å². The summed E-state index contributed by atoms with van der Waals surface area (Å²) in [7, 11) is 0. The van der Waals surface area contributed by atoms with Gasteiger partial charge >= 0.3 is 0 Å². The Morgan fingerprint density at radius 2 is 1.95 bits per heavy atom. The first kappa shape index (κ1) is 14.7. The second-order valence-corrected chi connectivity index (χ2v) is 6.53. The van der Waals surface area contributed by atoms with E-state index in [1.165, 1.54) is 10.1 Å². The summed E-state index contributed by atoms with van der Waals surface area (Å²) in [6, 6.07) is 13.3. The number of nitrogens with one attached hydrogen (secondary N) is 1. The van der Waals surface area contributed by atoms with Gasteiger partial charge in [-0.1, -0.05) is 23.2 Å². The highest BCUT2D eigenvalue weighted by Crippen LogP contribution is 2.28. The van der Waals surface area contributed by atoms with Crippen molar-refractivity contribution >= 4 is 50.3 Å². The third-order valence-corrected chi connectivity index (χ3v) is 4.75. The molecule has 2 aromatic carbocycles. The summed E-state index contributed by atoms with van der Waals surface area (Å²) in [5.74, 6) is 0. The van der Waals surface area contributed by atoms with E-state index in [9.17, 15) is 5.11 Å². The van der Waals surface area contributed by atoms with E-state index in [2.05, 4.69) is 28.9 Å². The quantitative estimate of drug-likeness (QED) is 0.672. The number of rotatable bonds is 4. The van der Waals surface area contributed by atoms with Crippen molar-refractivity contribution in [2.45, 2.75) is 6.10 Å². The van der Waals surface area contributed by atoms with Crippen LogP contribution in [-0.4, -0.2) is 11.7 Å². The van der Waals surface area contributed by atoms with Crippen LogP contribution in [0.4, 0.5) is 5.69 Å². The molecule has 0 saturated carbocycles. The lowest BCUT2D eigenvalue weighted by molar-refractivity contribution is 0.192. The lowest BCUT2D eigenvalue weighted by Crippen LogP contribution is -2.12. The summed E-state index contributed by atoms with van der Waals surface area (Å²) < 4.78 is 1.25. The topological polar surface area (TPSA) is 32.3 Å². The van der Waals surface area contributed by atoms with Gasteiger partial charge in [0.05, 0.1) is 6.10 Å². The molecule has 0 aliphatic rings. The number of halogens is 2. The Morgan fingerprint density at radius 3 is 2.81 bits per heavy atom. The molecule has 0 amide bonds. The summed E-state index contributed by atoms with van der Waals surface area (Å²) in [4.78, 5) is 0. The van der Waals surface area contributed by atoms with Crippen LogP contribution in [0.25, 0.3) is 10.1 Å². The minimum Gasteiger partial charge on any atom is -0.387 e. The number of aliphatic hydroxyl groups is 1. The van der Waals surface area contributed by atoms with Gasteiger partial charge in [0.25, 0.3) is 0 Å². The van der Waals surface area contributed by atoms with E-state index in [1.807, 2.05) is 6.07 Å². The third-order valence-electron chi connectivity index (χ3n) is 3.27. The van der Waals surface area contributed by atoms with Gasteiger partial charge in [-0.25, -0.2) is 0 Å². The highest BCUT2D eigenvalue weighted by Gasteiger charge is 2.12. The zero-order valence-corrected chi connectivity index (χ0v) is 13.3. The maximum absolute atomic E-state index is 10.3. The smallest absolute Gasteiger partial charge is 0.0977 e. The Bertz CT molecular complexity index is 772. The molecule has 2 nitrogen and oxygen atoms in total. The van der Waals surface area contributed by atoms with E-state index in [0.29, 0.717) is 22.2 Å². The van der Waals surface area contributed by atoms with Crippen LogP contribution < -0.4 is 5.32 Å². The number of benzene rings is 2. The molecule has 3 aromatic rings. The minimum atomic E-state index is -0.714. The fraction of sp³-hybridized carbons (Fsp3) is 0.125. The highest BCUT2D eigenvalue weighted by molar-refractivity contribution is 7.17. The zero-order valence-electron chi connectivity index (χ0n) is 11.0. The molecule has 0 aliphatic carbocycles. The third kappa shape index (κ3) is 3.33. The zero-order chi connectivity index (χ0) is 14.8. The maximum atomic E-state index is 10.3. The molecule has 1 atom stereocenters. The molecule has 0 spiro atoms. The van der Waals surface area contributed by atoms with Crippen LogP contribution in [0.1, 0.15) is 11.7 Å². The Kier molecular flexibility index (Phi) is 4.36. The summed E-state index contributed by atoms with van der Waals surface area (Å²) in [5, 5.41) is 17.8. The average molecular weight is 338 g/mol. The van der Waals surface area contributed by atoms with E-state index >= 15 is 0 Å². The molecule has 108 valence electrons. The highest BCUT2D eigenvalue weighted by atomic mass is 35.5. The molecule has 0 fully saturated rings. The van der Waals surface area contributed by atoms with Gasteiger partial charge in [0.2, 0.25) is 0 Å². The van der Waals surface area contributed by atoms with E-state index in [-0.39, 0.29) is 0 Å². The second kappa shape index (κ2) is 6.24. The molecule has 3 rings (SSSR count). The summed E-state index contributed by atoms with van der Waals surface area (Å²) in [6.07, 6.45) is -0.714. The molecule has 0 saturated heterocycles. The van der Waals surface area contributed by atoms with Crippen molar-refractivity contribution in [1.29, 1.82) is 0 Å². The van der Waals surface area contributed by atoms with Crippen molar-refractivity contribution in [2.75, 3.05) is 11.9 Å². The van der Waals surface area contributed by atoms with Crippen LogP contribution >= 0.6 is 34.5 Å². The lowest BCUT2D eigenvalue weighted by Gasteiger charge is -2.15. The van der Waals surface area contributed by atoms with Crippen molar-refractivity contribution in [2.24, 2.45) is 0 Å². The molecule has 21 heavy (non-hydrogen) atoms. The van der Waals surface area contributed by atoms with Gasteiger partial charge in [-0.05, 0) is 53.2 Å². The van der Waals surface area contributed by atoms with Crippen molar-refractivity contribution in [1.82, 2.24) is 0 Å². The monoisotopic (exact) mass is 337 g/mol. The summed E-state index contributed by atoms with van der Waals surface area (Å²) in [6.45, 7) is 0.371. The Morgan fingerprint density at radius 1 is 1.10 bits per heavy atom. The number of hydrogen-bond donors (Lipinski definition) is 2. The first-order valence-electron chi connectivity index (χ1n) is 6.47. The Balaban J connectivity index is 1.72. The van der Waals surface area contributed by atoms with Crippen molar-refractivity contribution < 1.29 is 5.11 Å². The SMILES string of the molecule is OC(CNc1ccc2sccc2c1)c1cc(Cl)ccc1Cl. The van der Waals surface area contributed by atoms with E-state index in [4.69, 9.17) is 23.2 Å². The van der Waals surface area contributed by atoms with E-state index in [0.717, 1.165) is 5.69 Å². The van der Waals surface area contributed by atoms with Crippen molar-refractivity contribution in [3.05, 3.63) is 63.5 Å². The van der Waals surface area contributed by atoms with Gasteiger partial charge in [0.15, 0.2) is 0 Å². The molecule has 0 aliphatic heterocycles. The largest absolute Gasteiger partial charge is 0.387 e. The molecule has 0 bridgehead atoms. The van der Waals surface area contributed by atoms with Crippen LogP contribution in [0.2, 0.25) is 10.0 Å². The van der Waals surface area contributed by atoms with Gasteiger partial charge in [-0.3, -0.25) is 0 Å². The van der Waals surface area contributed by atoms with Gasteiger partial charge in [0.1, 0.15) is 0 Å². The van der Waals surface area contributed by atoms with Crippen LogP contribution in [-0.2, 0) is 0 Å². The predicted molar refractivity (Wildman–Crippen MR) is 91.7 cm³/mol. The van der Waals surface area contributed by atoms with Gasteiger partial charge in [-0.15, -0.1) is 11.3 Å². The van der Waals surface area contributed by atoms with Gasteiger partial charge in [-0.2, -0.15) is 0 Å². The lowest BCUT2D eigenvalue weighted by atomic mass is 10.1.